The zero-order valence-electron chi connectivity index (χ0n) is 12.5. The number of carbonyl (C=O) groups is 1. The Morgan fingerprint density at radius 3 is 2.40 bits per heavy atom. The number of esters is 1. The van der Waals surface area contributed by atoms with E-state index < -0.39 is 16.2 Å². The zero-order chi connectivity index (χ0) is 15.3. The van der Waals surface area contributed by atoms with Gasteiger partial charge in [0.25, 0.3) is 10.2 Å². The van der Waals surface area contributed by atoms with Crippen LogP contribution in [0.25, 0.3) is 0 Å². The van der Waals surface area contributed by atoms with Crippen LogP contribution in [0.15, 0.2) is 0 Å². The Balaban J connectivity index is 2.43. The normalized spacial score (nSPS) is 24.9. The second-order valence-corrected chi connectivity index (χ2v) is 7.02. The number of nitrogens with zero attached hydrogens (tertiary/aromatic N) is 1. The summed E-state index contributed by atoms with van der Waals surface area (Å²) in [7, 11) is -3.58. The van der Waals surface area contributed by atoms with E-state index in [1.807, 2.05) is 13.8 Å². The fourth-order valence-electron chi connectivity index (χ4n) is 2.02. The van der Waals surface area contributed by atoms with E-state index in [9.17, 15) is 13.2 Å². The van der Waals surface area contributed by atoms with E-state index in [1.54, 1.807) is 13.8 Å². The van der Waals surface area contributed by atoms with E-state index in [4.69, 9.17) is 9.47 Å². The topological polar surface area (TPSA) is 84.9 Å². The molecule has 1 rings (SSSR count). The molecular formula is C12H24N2O5S. The molecule has 0 bridgehead atoms. The highest BCUT2D eigenvalue weighted by Crippen LogP contribution is 2.13. The molecule has 0 aliphatic carbocycles. The molecule has 1 fully saturated rings. The molecule has 8 heteroatoms. The van der Waals surface area contributed by atoms with E-state index in [1.165, 1.54) is 4.31 Å². The summed E-state index contributed by atoms with van der Waals surface area (Å²) in [6.07, 6.45) is -0.449. The molecule has 118 valence electrons. The first-order valence-electron chi connectivity index (χ1n) is 6.80. The lowest BCUT2D eigenvalue weighted by molar-refractivity contribution is -0.147. The molecule has 1 heterocycles. The van der Waals surface area contributed by atoms with E-state index in [2.05, 4.69) is 4.72 Å². The molecule has 0 spiro atoms. The van der Waals surface area contributed by atoms with Crippen molar-refractivity contribution in [3.05, 3.63) is 0 Å². The number of hydrogen-bond acceptors (Lipinski definition) is 5. The van der Waals surface area contributed by atoms with Crippen LogP contribution in [0.3, 0.4) is 0 Å². The highest BCUT2D eigenvalue weighted by Gasteiger charge is 2.30. The summed E-state index contributed by atoms with van der Waals surface area (Å²) >= 11 is 0. The van der Waals surface area contributed by atoms with Gasteiger partial charge in [0, 0.05) is 19.6 Å². The Kier molecular flexibility index (Phi) is 6.38. The molecule has 0 amide bonds. The summed E-state index contributed by atoms with van der Waals surface area (Å²) in [5, 5.41) is 0. The number of hydrogen-bond donors (Lipinski definition) is 1. The molecular weight excluding hydrogens is 284 g/mol. The third-order valence-electron chi connectivity index (χ3n) is 2.71. The van der Waals surface area contributed by atoms with Gasteiger partial charge in [0.15, 0.2) is 0 Å². The SMILES string of the molecule is CC(C)OC(=O)CCNS(=O)(=O)N1CC(C)OC(C)C1. The second-order valence-electron chi connectivity index (χ2n) is 5.26. The van der Waals surface area contributed by atoms with Crippen LogP contribution in [0.4, 0.5) is 0 Å². The van der Waals surface area contributed by atoms with Crippen molar-refractivity contribution in [2.75, 3.05) is 19.6 Å². The lowest BCUT2D eigenvalue weighted by Crippen LogP contribution is -2.52. The van der Waals surface area contributed by atoms with Gasteiger partial charge in [0.05, 0.1) is 24.7 Å². The summed E-state index contributed by atoms with van der Waals surface area (Å²) in [5.41, 5.74) is 0. The molecule has 7 nitrogen and oxygen atoms in total. The van der Waals surface area contributed by atoms with Crippen LogP contribution in [0, 0.1) is 0 Å². The summed E-state index contributed by atoms with van der Waals surface area (Å²) in [5.74, 6) is -0.411. The quantitative estimate of drug-likeness (QED) is 0.712. The number of nitrogens with one attached hydrogen (secondary N) is 1. The summed E-state index contributed by atoms with van der Waals surface area (Å²) in [6, 6.07) is 0. The van der Waals surface area contributed by atoms with Crippen LogP contribution < -0.4 is 4.72 Å². The van der Waals surface area contributed by atoms with Gasteiger partial charge in [0.2, 0.25) is 0 Å². The molecule has 0 aromatic rings. The summed E-state index contributed by atoms with van der Waals surface area (Å²) < 4.78 is 38.4. The van der Waals surface area contributed by atoms with Crippen molar-refractivity contribution in [2.45, 2.75) is 52.4 Å². The van der Waals surface area contributed by atoms with Crippen molar-refractivity contribution >= 4 is 16.2 Å². The van der Waals surface area contributed by atoms with Crippen LogP contribution in [0.5, 0.6) is 0 Å². The van der Waals surface area contributed by atoms with Crippen LogP contribution in [0.1, 0.15) is 34.1 Å². The Morgan fingerprint density at radius 2 is 1.90 bits per heavy atom. The third kappa shape index (κ3) is 5.74. The molecule has 20 heavy (non-hydrogen) atoms. The van der Waals surface area contributed by atoms with E-state index >= 15 is 0 Å². The number of ether oxygens (including phenoxy) is 2. The van der Waals surface area contributed by atoms with Gasteiger partial charge in [0.1, 0.15) is 0 Å². The van der Waals surface area contributed by atoms with Crippen LogP contribution in [0.2, 0.25) is 0 Å². The maximum atomic E-state index is 12.1. The molecule has 2 atom stereocenters. The maximum absolute atomic E-state index is 12.1. The summed E-state index contributed by atoms with van der Waals surface area (Å²) in [4.78, 5) is 11.3. The van der Waals surface area contributed by atoms with Gasteiger partial charge in [-0.25, -0.2) is 4.72 Å². The Hall–Kier alpha value is -0.700. The molecule has 0 saturated carbocycles. The average molecular weight is 308 g/mol. The lowest BCUT2D eigenvalue weighted by atomic mass is 10.3. The van der Waals surface area contributed by atoms with E-state index in [0.29, 0.717) is 13.1 Å². The highest BCUT2D eigenvalue weighted by molar-refractivity contribution is 7.87. The first-order chi connectivity index (χ1) is 9.20. The Morgan fingerprint density at radius 1 is 1.35 bits per heavy atom. The fraction of sp³-hybridized carbons (Fsp3) is 0.917. The number of rotatable bonds is 6. The molecule has 1 N–H and O–H groups in total. The van der Waals surface area contributed by atoms with Gasteiger partial charge in [-0.3, -0.25) is 4.79 Å². The zero-order valence-corrected chi connectivity index (χ0v) is 13.3. The van der Waals surface area contributed by atoms with Gasteiger partial charge in [-0.2, -0.15) is 12.7 Å². The van der Waals surface area contributed by atoms with E-state index in [-0.39, 0.29) is 31.3 Å². The van der Waals surface area contributed by atoms with Crippen molar-refractivity contribution in [2.24, 2.45) is 0 Å². The molecule has 0 aromatic carbocycles. The van der Waals surface area contributed by atoms with Crippen LogP contribution in [-0.4, -0.2) is 56.6 Å². The predicted octanol–water partition coefficient (Wildman–Crippen LogP) is 0.272. The standard InChI is InChI=1S/C12H24N2O5S/c1-9(2)18-12(15)5-6-13-20(16,17)14-7-10(3)19-11(4)8-14/h9-11,13H,5-8H2,1-4H3. The summed E-state index contributed by atoms with van der Waals surface area (Å²) in [6.45, 7) is 7.83. The van der Waals surface area contributed by atoms with Crippen molar-refractivity contribution in [1.29, 1.82) is 0 Å². The first kappa shape index (κ1) is 17.4. The molecule has 0 aromatic heterocycles. The highest BCUT2D eigenvalue weighted by atomic mass is 32.2. The van der Waals surface area contributed by atoms with Gasteiger partial charge in [-0.05, 0) is 27.7 Å². The minimum atomic E-state index is -3.58. The van der Waals surface area contributed by atoms with Gasteiger partial charge >= 0.3 is 5.97 Å². The Bertz CT molecular complexity index is 414. The average Bonchev–Trinajstić information content (AvgIpc) is 2.26. The fourth-order valence-corrected chi connectivity index (χ4v) is 3.38. The molecule has 1 aliphatic heterocycles. The smallest absolute Gasteiger partial charge is 0.307 e. The molecule has 1 saturated heterocycles. The van der Waals surface area contributed by atoms with E-state index in [0.717, 1.165) is 0 Å². The van der Waals surface area contributed by atoms with Crippen LogP contribution >= 0.6 is 0 Å². The van der Waals surface area contributed by atoms with Gasteiger partial charge in [-0.1, -0.05) is 0 Å². The maximum Gasteiger partial charge on any atom is 0.307 e. The molecule has 0 radical (unpaired) electrons. The van der Waals surface area contributed by atoms with Crippen molar-refractivity contribution in [3.8, 4) is 0 Å². The van der Waals surface area contributed by atoms with Crippen LogP contribution in [-0.2, 0) is 24.5 Å². The van der Waals surface area contributed by atoms with Crippen molar-refractivity contribution < 1.29 is 22.7 Å². The second kappa shape index (κ2) is 7.35. The lowest BCUT2D eigenvalue weighted by Gasteiger charge is -2.34. The number of morpholine rings is 1. The minimum Gasteiger partial charge on any atom is -0.463 e. The van der Waals surface area contributed by atoms with Gasteiger partial charge < -0.3 is 9.47 Å². The monoisotopic (exact) mass is 308 g/mol. The van der Waals surface area contributed by atoms with Crippen molar-refractivity contribution in [3.63, 3.8) is 0 Å². The number of carbonyl (C=O) groups excluding carboxylic acids is 1. The van der Waals surface area contributed by atoms with Gasteiger partial charge in [-0.15, -0.1) is 0 Å². The largest absolute Gasteiger partial charge is 0.463 e. The molecule has 1 aliphatic rings. The first-order valence-corrected chi connectivity index (χ1v) is 8.24. The third-order valence-corrected chi connectivity index (χ3v) is 4.25. The molecule has 2 unspecified atom stereocenters. The Labute approximate surface area is 120 Å². The van der Waals surface area contributed by atoms with Crippen molar-refractivity contribution in [1.82, 2.24) is 9.03 Å². The predicted molar refractivity (Wildman–Crippen MR) is 74.3 cm³/mol. The minimum absolute atomic E-state index is 0.0207.